The van der Waals surface area contributed by atoms with Crippen LogP contribution < -0.4 is 4.74 Å². The number of methoxy groups -OCH3 is 2. The first-order valence-corrected chi connectivity index (χ1v) is 7.46. The van der Waals surface area contributed by atoms with Crippen LogP contribution in [0.4, 0.5) is 0 Å². The molecule has 0 saturated heterocycles. The summed E-state index contributed by atoms with van der Waals surface area (Å²) in [5.41, 5.74) is 1.64. The Morgan fingerprint density at radius 2 is 1.80 bits per heavy atom. The number of hydrogen-bond acceptors (Lipinski definition) is 6. The van der Waals surface area contributed by atoms with Crippen molar-refractivity contribution in [3.8, 4) is 5.75 Å². The Bertz CT molecular complexity index is 881. The zero-order chi connectivity index (χ0) is 17.8. The molecule has 1 aliphatic heterocycles. The van der Waals surface area contributed by atoms with Gasteiger partial charge in [-0.25, -0.2) is 14.6 Å². The van der Waals surface area contributed by atoms with E-state index >= 15 is 0 Å². The van der Waals surface area contributed by atoms with Crippen molar-refractivity contribution in [2.45, 2.75) is 0 Å². The number of cyclic esters (lactones) is 1. The smallest absolute Gasteiger partial charge is 0.363 e. The van der Waals surface area contributed by atoms with Crippen LogP contribution in [-0.2, 0) is 14.3 Å². The maximum absolute atomic E-state index is 12.1. The van der Waals surface area contributed by atoms with Crippen LogP contribution >= 0.6 is 0 Å². The van der Waals surface area contributed by atoms with Gasteiger partial charge in [-0.1, -0.05) is 18.2 Å². The summed E-state index contributed by atoms with van der Waals surface area (Å²) in [5.74, 6) is -0.172. The second-order valence-corrected chi connectivity index (χ2v) is 5.14. The summed E-state index contributed by atoms with van der Waals surface area (Å²) in [6.45, 7) is 0. The molecule has 0 atom stereocenters. The van der Waals surface area contributed by atoms with Crippen LogP contribution in [0.1, 0.15) is 21.5 Å². The molecule has 6 heteroatoms. The first-order chi connectivity index (χ1) is 12.1. The number of nitrogens with zero attached hydrogens (tertiary/aromatic N) is 1. The lowest BCUT2D eigenvalue weighted by Crippen LogP contribution is -2.06. The minimum absolute atomic E-state index is 0.113. The molecular weight excluding hydrogens is 322 g/mol. The maximum Gasteiger partial charge on any atom is 0.363 e. The van der Waals surface area contributed by atoms with Crippen LogP contribution in [0.15, 0.2) is 59.2 Å². The number of carbonyl (C=O) groups excluding carboxylic acids is 2. The molecule has 6 nitrogen and oxygen atoms in total. The first kappa shape index (κ1) is 16.4. The summed E-state index contributed by atoms with van der Waals surface area (Å²) in [6.07, 6.45) is 1.51. The standard InChI is InChI=1S/C19H15NO5/c1-23-14-9-7-12(8-10-14)17-20-16(19(22)25-17)11-13-5-3-4-6-15(13)18(21)24-2/h3-11H,1-2H3. The van der Waals surface area contributed by atoms with E-state index in [0.29, 0.717) is 22.4 Å². The van der Waals surface area contributed by atoms with Gasteiger partial charge in [-0.05, 0) is 42.0 Å². The maximum atomic E-state index is 12.1. The molecule has 0 spiro atoms. The molecule has 2 aromatic carbocycles. The Morgan fingerprint density at radius 3 is 2.48 bits per heavy atom. The topological polar surface area (TPSA) is 74.2 Å². The van der Waals surface area contributed by atoms with Gasteiger partial charge < -0.3 is 14.2 Å². The van der Waals surface area contributed by atoms with Gasteiger partial charge in [0.1, 0.15) is 5.75 Å². The van der Waals surface area contributed by atoms with E-state index in [-0.39, 0.29) is 11.6 Å². The van der Waals surface area contributed by atoms with Gasteiger partial charge in [0.25, 0.3) is 0 Å². The van der Waals surface area contributed by atoms with E-state index in [1.165, 1.54) is 13.2 Å². The lowest BCUT2D eigenvalue weighted by Gasteiger charge is -2.03. The largest absolute Gasteiger partial charge is 0.497 e. The molecule has 3 rings (SSSR count). The van der Waals surface area contributed by atoms with E-state index in [9.17, 15) is 9.59 Å². The van der Waals surface area contributed by atoms with Crippen LogP contribution in [0.25, 0.3) is 6.08 Å². The highest BCUT2D eigenvalue weighted by atomic mass is 16.6. The lowest BCUT2D eigenvalue weighted by molar-refractivity contribution is -0.129. The van der Waals surface area contributed by atoms with Gasteiger partial charge in [-0.3, -0.25) is 0 Å². The molecule has 0 fully saturated rings. The van der Waals surface area contributed by atoms with E-state index in [4.69, 9.17) is 14.2 Å². The third-order valence-corrected chi connectivity index (χ3v) is 3.62. The highest BCUT2D eigenvalue weighted by molar-refractivity contribution is 6.13. The second-order valence-electron chi connectivity index (χ2n) is 5.14. The van der Waals surface area contributed by atoms with Gasteiger partial charge in [-0.2, -0.15) is 0 Å². The summed E-state index contributed by atoms with van der Waals surface area (Å²) >= 11 is 0. The monoisotopic (exact) mass is 337 g/mol. The molecule has 1 aliphatic rings. The zero-order valence-electron chi connectivity index (χ0n) is 13.7. The Morgan fingerprint density at radius 1 is 1.08 bits per heavy atom. The number of ether oxygens (including phenoxy) is 3. The summed E-state index contributed by atoms with van der Waals surface area (Å²) in [4.78, 5) is 28.1. The van der Waals surface area contributed by atoms with Crippen molar-refractivity contribution in [3.63, 3.8) is 0 Å². The Kier molecular flexibility index (Phi) is 4.61. The number of carbonyl (C=O) groups is 2. The quantitative estimate of drug-likeness (QED) is 0.633. The molecule has 0 aromatic heterocycles. The number of rotatable bonds is 4. The van der Waals surface area contributed by atoms with Crippen molar-refractivity contribution in [2.24, 2.45) is 4.99 Å². The van der Waals surface area contributed by atoms with Crippen molar-refractivity contribution in [3.05, 3.63) is 70.9 Å². The predicted molar refractivity (Wildman–Crippen MR) is 91.4 cm³/mol. The lowest BCUT2D eigenvalue weighted by atomic mass is 10.1. The summed E-state index contributed by atoms with van der Waals surface area (Å²) < 4.78 is 15.1. The molecule has 0 saturated carbocycles. The van der Waals surface area contributed by atoms with Crippen LogP contribution in [0, 0.1) is 0 Å². The van der Waals surface area contributed by atoms with E-state index in [1.807, 2.05) is 0 Å². The molecule has 0 bridgehead atoms. The van der Waals surface area contributed by atoms with Crippen LogP contribution in [0.3, 0.4) is 0 Å². The molecule has 0 amide bonds. The summed E-state index contributed by atoms with van der Waals surface area (Å²) in [5, 5.41) is 0. The average molecular weight is 337 g/mol. The van der Waals surface area contributed by atoms with Crippen molar-refractivity contribution < 1.29 is 23.8 Å². The summed E-state index contributed by atoms with van der Waals surface area (Å²) in [6, 6.07) is 13.8. The number of hydrogen-bond donors (Lipinski definition) is 0. The van der Waals surface area contributed by atoms with Crippen LogP contribution in [0.2, 0.25) is 0 Å². The normalized spacial score (nSPS) is 14.9. The summed E-state index contributed by atoms with van der Waals surface area (Å²) in [7, 11) is 2.87. The van der Waals surface area contributed by atoms with Gasteiger partial charge in [0.05, 0.1) is 19.8 Å². The van der Waals surface area contributed by atoms with Gasteiger partial charge in [0.15, 0.2) is 5.70 Å². The van der Waals surface area contributed by atoms with Gasteiger partial charge in [0, 0.05) is 5.56 Å². The minimum atomic E-state index is -0.578. The zero-order valence-corrected chi connectivity index (χ0v) is 13.7. The molecule has 0 aliphatic carbocycles. The van der Waals surface area contributed by atoms with E-state index in [0.717, 1.165) is 0 Å². The number of benzene rings is 2. The fraction of sp³-hybridized carbons (Fsp3) is 0.105. The minimum Gasteiger partial charge on any atom is -0.497 e. The molecule has 0 N–H and O–H groups in total. The third-order valence-electron chi connectivity index (χ3n) is 3.62. The van der Waals surface area contributed by atoms with Crippen molar-refractivity contribution >= 4 is 23.9 Å². The number of esters is 2. The third kappa shape index (κ3) is 3.42. The molecule has 2 aromatic rings. The first-order valence-electron chi connectivity index (χ1n) is 7.46. The van der Waals surface area contributed by atoms with Gasteiger partial charge in [0.2, 0.25) is 5.90 Å². The van der Waals surface area contributed by atoms with E-state index < -0.39 is 11.9 Å². The Hall–Kier alpha value is -3.41. The molecular formula is C19H15NO5. The highest BCUT2D eigenvalue weighted by Crippen LogP contribution is 2.22. The van der Waals surface area contributed by atoms with Gasteiger partial charge in [-0.15, -0.1) is 0 Å². The fourth-order valence-corrected chi connectivity index (χ4v) is 2.33. The van der Waals surface area contributed by atoms with Crippen molar-refractivity contribution in [1.82, 2.24) is 0 Å². The SMILES string of the molecule is COC(=O)c1ccccc1C=C1N=C(c2ccc(OC)cc2)OC1=O. The van der Waals surface area contributed by atoms with E-state index in [1.54, 1.807) is 55.6 Å². The second kappa shape index (κ2) is 7.00. The van der Waals surface area contributed by atoms with Gasteiger partial charge >= 0.3 is 11.9 Å². The molecule has 0 unspecified atom stereocenters. The van der Waals surface area contributed by atoms with Crippen LogP contribution in [-0.4, -0.2) is 32.1 Å². The highest BCUT2D eigenvalue weighted by Gasteiger charge is 2.25. The van der Waals surface area contributed by atoms with E-state index in [2.05, 4.69) is 4.99 Å². The van der Waals surface area contributed by atoms with Crippen molar-refractivity contribution in [2.75, 3.05) is 14.2 Å². The predicted octanol–water partition coefficient (Wildman–Crippen LogP) is 2.83. The molecule has 25 heavy (non-hydrogen) atoms. The molecule has 0 radical (unpaired) electrons. The molecule has 1 heterocycles. The number of aliphatic imine (C=N–C) groups is 1. The fourth-order valence-electron chi connectivity index (χ4n) is 2.33. The Labute approximate surface area is 144 Å². The average Bonchev–Trinajstić information content (AvgIpc) is 3.02. The molecule has 126 valence electrons. The Balaban J connectivity index is 1.95. The van der Waals surface area contributed by atoms with Crippen molar-refractivity contribution in [1.29, 1.82) is 0 Å². The van der Waals surface area contributed by atoms with Crippen LogP contribution in [0.5, 0.6) is 5.75 Å².